The van der Waals surface area contributed by atoms with E-state index < -0.39 is 43.1 Å². The molecule has 0 aromatic heterocycles. The van der Waals surface area contributed by atoms with Crippen LogP contribution in [0.15, 0.2) is 109 Å². The molecule has 8 nitrogen and oxygen atoms in total. The van der Waals surface area contributed by atoms with Gasteiger partial charge in [0.2, 0.25) is 0 Å². The molecule has 4 rings (SSSR count). The molecule has 0 atom stereocenters. The van der Waals surface area contributed by atoms with Gasteiger partial charge >= 0.3 is 11.9 Å². The van der Waals surface area contributed by atoms with Crippen molar-refractivity contribution in [2.45, 2.75) is 6.42 Å². The van der Waals surface area contributed by atoms with E-state index in [4.69, 9.17) is 18.9 Å². The molecule has 0 fully saturated rings. The maximum Gasteiger partial charge on any atom is 0.317 e. The lowest BCUT2D eigenvalue weighted by atomic mass is 10.1. The molecule has 0 aliphatic heterocycles. The summed E-state index contributed by atoms with van der Waals surface area (Å²) in [7, 11) is 0. The van der Waals surface area contributed by atoms with E-state index in [2.05, 4.69) is 0 Å². The zero-order valence-electron chi connectivity index (χ0n) is 20.8. The first kappa shape index (κ1) is 26.8. The molecule has 0 heterocycles. The fraction of sp³-hybridized carbons (Fsp3) is 0.0968. The summed E-state index contributed by atoms with van der Waals surface area (Å²) in [6, 6.07) is 31.0. The molecule has 0 bridgehead atoms. The maximum atomic E-state index is 12.3. The van der Waals surface area contributed by atoms with Crippen molar-refractivity contribution in [3.05, 3.63) is 120 Å². The molecule has 0 amide bonds. The number of rotatable bonds is 12. The van der Waals surface area contributed by atoms with Gasteiger partial charge < -0.3 is 18.9 Å². The zero-order chi connectivity index (χ0) is 27.5. The molecule has 0 saturated carbocycles. The Morgan fingerprint density at radius 1 is 0.436 bits per heavy atom. The maximum absolute atomic E-state index is 12.3. The fourth-order valence-electron chi connectivity index (χ4n) is 3.35. The van der Waals surface area contributed by atoms with Crippen LogP contribution >= 0.6 is 0 Å². The Morgan fingerprint density at radius 3 is 1.13 bits per heavy atom. The van der Waals surface area contributed by atoms with Crippen molar-refractivity contribution >= 4 is 23.5 Å². The van der Waals surface area contributed by atoms with E-state index in [-0.39, 0.29) is 0 Å². The summed E-state index contributed by atoms with van der Waals surface area (Å²) in [6.07, 6.45) is -0.728. The van der Waals surface area contributed by atoms with Gasteiger partial charge in [0.25, 0.3) is 0 Å². The van der Waals surface area contributed by atoms with Gasteiger partial charge in [0, 0.05) is 11.1 Å². The third-order valence-electron chi connectivity index (χ3n) is 5.33. The molecule has 0 aliphatic carbocycles. The summed E-state index contributed by atoms with van der Waals surface area (Å²) >= 11 is 0. The summed E-state index contributed by atoms with van der Waals surface area (Å²) in [4.78, 5) is 48.5. The number of hydrogen-bond donors (Lipinski definition) is 0. The minimum Gasteiger partial charge on any atom is -0.457 e. The van der Waals surface area contributed by atoms with Crippen LogP contribution in [0, 0.1) is 0 Å². The highest BCUT2D eigenvalue weighted by Crippen LogP contribution is 2.22. The van der Waals surface area contributed by atoms with Crippen LogP contribution in [0.4, 0.5) is 0 Å². The van der Waals surface area contributed by atoms with Crippen LogP contribution in [0.25, 0.3) is 0 Å². The fourth-order valence-corrected chi connectivity index (χ4v) is 3.35. The van der Waals surface area contributed by atoms with Crippen molar-refractivity contribution in [2.75, 3.05) is 13.2 Å². The molecule has 0 aliphatic rings. The summed E-state index contributed by atoms with van der Waals surface area (Å²) in [5.41, 5.74) is 0.633. The van der Waals surface area contributed by atoms with Crippen LogP contribution < -0.4 is 9.47 Å². The minimum absolute atomic E-state index is 0.316. The number of hydrogen-bond acceptors (Lipinski definition) is 8. The highest BCUT2D eigenvalue weighted by atomic mass is 16.6. The lowest BCUT2D eigenvalue weighted by molar-refractivity contribution is -0.153. The summed E-state index contributed by atoms with van der Waals surface area (Å²) in [5, 5.41) is 0. The highest BCUT2D eigenvalue weighted by Gasteiger charge is 2.17. The van der Waals surface area contributed by atoms with Crippen molar-refractivity contribution in [3.8, 4) is 23.0 Å². The second-order valence-electron chi connectivity index (χ2n) is 8.22. The number of esters is 2. The van der Waals surface area contributed by atoms with Crippen LogP contribution in [0.1, 0.15) is 27.1 Å². The van der Waals surface area contributed by atoms with Gasteiger partial charge in [-0.3, -0.25) is 19.2 Å². The number of para-hydroxylation sites is 2. The summed E-state index contributed by atoms with van der Waals surface area (Å²) < 4.78 is 21.1. The van der Waals surface area contributed by atoms with E-state index >= 15 is 0 Å². The Morgan fingerprint density at radius 2 is 0.769 bits per heavy atom. The van der Waals surface area contributed by atoms with Crippen LogP contribution in [0.5, 0.6) is 23.0 Å². The van der Waals surface area contributed by atoms with Crippen LogP contribution in [0.3, 0.4) is 0 Å². The zero-order valence-corrected chi connectivity index (χ0v) is 20.8. The number of ether oxygens (including phenoxy) is 4. The Bertz CT molecular complexity index is 1300. The quantitative estimate of drug-likeness (QED) is 0.130. The number of benzene rings is 4. The molecular weight excluding hydrogens is 500 g/mol. The molecule has 0 radical (unpaired) electrons. The van der Waals surface area contributed by atoms with Gasteiger partial charge in [0.05, 0.1) is 0 Å². The Labute approximate surface area is 224 Å². The van der Waals surface area contributed by atoms with E-state index in [0.717, 1.165) is 0 Å². The number of Topliss-reactive ketones (excluding diaryl/α,β-unsaturated/α-hetero) is 2. The highest BCUT2D eigenvalue weighted by molar-refractivity contribution is 6.00. The SMILES string of the molecule is O=C(CC(=O)OCC(=O)c1ccc(Oc2ccccc2)cc1)OCC(=O)c1ccc(Oc2ccccc2)cc1. The first-order chi connectivity index (χ1) is 19.0. The largest absolute Gasteiger partial charge is 0.457 e. The lowest BCUT2D eigenvalue weighted by Gasteiger charge is -2.08. The molecule has 0 spiro atoms. The van der Waals surface area contributed by atoms with Crippen LogP contribution in [0.2, 0.25) is 0 Å². The summed E-state index contributed by atoms with van der Waals surface area (Å²) in [5.74, 6) is -0.363. The van der Waals surface area contributed by atoms with Gasteiger partial charge in [0.1, 0.15) is 29.4 Å². The van der Waals surface area contributed by atoms with Crippen molar-refractivity contribution in [2.24, 2.45) is 0 Å². The monoisotopic (exact) mass is 524 g/mol. The predicted molar refractivity (Wildman–Crippen MR) is 141 cm³/mol. The van der Waals surface area contributed by atoms with Gasteiger partial charge in [0.15, 0.2) is 24.8 Å². The molecule has 196 valence electrons. The standard InChI is InChI=1S/C31H24O8/c32-28(22-11-15-26(16-12-22)38-24-7-3-1-4-8-24)20-36-30(34)19-31(35)37-21-29(33)23-13-17-27(18-14-23)39-25-9-5-2-6-10-25/h1-18H,19-21H2. The van der Waals surface area contributed by atoms with Crippen molar-refractivity contribution < 1.29 is 38.1 Å². The van der Waals surface area contributed by atoms with Crippen LogP contribution in [-0.4, -0.2) is 36.7 Å². The Kier molecular flexibility index (Phi) is 9.18. The van der Waals surface area contributed by atoms with Crippen molar-refractivity contribution in [1.29, 1.82) is 0 Å². The van der Waals surface area contributed by atoms with Gasteiger partial charge in [-0.05, 0) is 72.8 Å². The average molecular weight is 525 g/mol. The molecule has 39 heavy (non-hydrogen) atoms. The number of ketones is 2. The third-order valence-corrected chi connectivity index (χ3v) is 5.33. The number of carbonyl (C=O) groups excluding carboxylic acids is 4. The first-order valence-corrected chi connectivity index (χ1v) is 12.0. The van der Waals surface area contributed by atoms with E-state index in [0.29, 0.717) is 34.1 Å². The predicted octanol–water partition coefficient (Wildman–Crippen LogP) is 5.81. The van der Waals surface area contributed by atoms with E-state index in [1.54, 1.807) is 72.8 Å². The topological polar surface area (TPSA) is 105 Å². The van der Waals surface area contributed by atoms with Crippen molar-refractivity contribution in [1.82, 2.24) is 0 Å². The van der Waals surface area contributed by atoms with E-state index in [9.17, 15) is 19.2 Å². The van der Waals surface area contributed by atoms with E-state index in [1.807, 2.05) is 36.4 Å². The second-order valence-corrected chi connectivity index (χ2v) is 8.22. The average Bonchev–Trinajstić information content (AvgIpc) is 2.96. The summed E-state index contributed by atoms with van der Waals surface area (Å²) in [6.45, 7) is -1.08. The lowest BCUT2D eigenvalue weighted by Crippen LogP contribution is -2.20. The molecule has 0 unspecified atom stereocenters. The smallest absolute Gasteiger partial charge is 0.317 e. The molecule has 0 N–H and O–H groups in total. The third kappa shape index (κ3) is 8.40. The normalized spacial score (nSPS) is 10.3. The van der Waals surface area contributed by atoms with Crippen LogP contribution in [-0.2, 0) is 19.1 Å². The second kappa shape index (κ2) is 13.3. The molecule has 4 aromatic carbocycles. The Balaban J connectivity index is 1.16. The molecule has 4 aromatic rings. The van der Waals surface area contributed by atoms with Gasteiger partial charge in [-0.25, -0.2) is 0 Å². The minimum atomic E-state index is -0.938. The van der Waals surface area contributed by atoms with Crippen molar-refractivity contribution in [3.63, 3.8) is 0 Å². The molecule has 0 saturated heterocycles. The van der Waals surface area contributed by atoms with Gasteiger partial charge in [-0.15, -0.1) is 0 Å². The van der Waals surface area contributed by atoms with Gasteiger partial charge in [-0.1, -0.05) is 36.4 Å². The van der Waals surface area contributed by atoms with E-state index in [1.165, 1.54) is 0 Å². The molecular formula is C31H24O8. The molecule has 8 heteroatoms. The number of carbonyl (C=O) groups is 4. The van der Waals surface area contributed by atoms with Gasteiger partial charge in [-0.2, -0.15) is 0 Å². The Hall–Kier alpha value is -5.24. The first-order valence-electron chi connectivity index (χ1n) is 12.0.